The fourth-order valence-corrected chi connectivity index (χ4v) is 4.50. The van der Waals surface area contributed by atoms with Crippen molar-refractivity contribution in [2.75, 3.05) is 11.9 Å². The summed E-state index contributed by atoms with van der Waals surface area (Å²) in [7, 11) is 0. The number of ether oxygens (including phenoxy) is 2. The predicted octanol–water partition coefficient (Wildman–Crippen LogP) is 6.26. The summed E-state index contributed by atoms with van der Waals surface area (Å²) >= 11 is 3.71. The minimum absolute atomic E-state index is 0.0236. The quantitative estimate of drug-likeness (QED) is 0.495. The molecule has 0 saturated carbocycles. The standard InChI is InChI=1S/C24H24BrNO3/c1-4-28-22-11-15(9-10-21(22)29-14(2)3)18-13-23(27)26-24-17-8-6-5-7-16(17)20(25)12-19(18)24/h5-12,14,18H,4,13H2,1-3H3,(H,26,27). The van der Waals surface area contributed by atoms with Crippen LogP contribution in [0, 0.1) is 0 Å². The van der Waals surface area contributed by atoms with Gasteiger partial charge in [0.25, 0.3) is 0 Å². The van der Waals surface area contributed by atoms with E-state index in [0.717, 1.165) is 37.8 Å². The van der Waals surface area contributed by atoms with Gasteiger partial charge in [0, 0.05) is 22.2 Å². The van der Waals surface area contributed by atoms with Crippen LogP contribution in [-0.2, 0) is 4.79 Å². The highest BCUT2D eigenvalue weighted by Crippen LogP contribution is 2.45. The molecule has 3 aromatic carbocycles. The minimum Gasteiger partial charge on any atom is -0.490 e. The Hall–Kier alpha value is -2.53. The first kappa shape index (κ1) is 19.8. The lowest BCUT2D eigenvalue weighted by atomic mass is 9.83. The fourth-order valence-electron chi connectivity index (χ4n) is 3.91. The molecule has 4 nitrogen and oxygen atoms in total. The molecule has 5 heteroatoms. The lowest BCUT2D eigenvalue weighted by Crippen LogP contribution is -2.24. The van der Waals surface area contributed by atoms with Gasteiger partial charge < -0.3 is 14.8 Å². The van der Waals surface area contributed by atoms with E-state index in [1.165, 1.54) is 0 Å². The number of anilines is 1. The number of hydrogen-bond donors (Lipinski definition) is 1. The second-order valence-corrected chi connectivity index (χ2v) is 8.33. The van der Waals surface area contributed by atoms with E-state index in [-0.39, 0.29) is 17.9 Å². The zero-order valence-electron chi connectivity index (χ0n) is 16.8. The molecule has 1 N–H and O–H groups in total. The highest BCUT2D eigenvalue weighted by molar-refractivity contribution is 9.10. The van der Waals surface area contributed by atoms with Gasteiger partial charge in [-0.05, 0) is 55.5 Å². The zero-order chi connectivity index (χ0) is 20.5. The molecule has 0 aromatic heterocycles. The lowest BCUT2D eigenvalue weighted by molar-refractivity contribution is -0.116. The Labute approximate surface area is 179 Å². The van der Waals surface area contributed by atoms with Gasteiger partial charge in [-0.2, -0.15) is 0 Å². The summed E-state index contributed by atoms with van der Waals surface area (Å²) in [6.07, 6.45) is 0.455. The maximum atomic E-state index is 12.6. The number of carbonyl (C=O) groups excluding carboxylic acids is 1. The zero-order valence-corrected chi connectivity index (χ0v) is 18.4. The van der Waals surface area contributed by atoms with Crippen LogP contribution in [0.2, 0.25) is 0 Å². The highest BCUT2D eigenvalue weighted by atomic mass is 79.9. The summed E-state index contributed by atoms with van der Waals surface area (Å²) in [5, 5.41) is 5.22. The van der Waals surface area contributed by atoms with Gasteiger partial charge in [0.05, 0.1) is 18.4 Å². The molecule has 29 heavy (non-hydrogen) atoms. The molecule has 1 unspecified atom stereocenters. The van der Waals surface area contributed by atoms with Gasteiger partial charge in [-0.15, -0.1) is 0 Å². The van der Waals surface area contributed by atoms with Gasteiger partial charge in [0.1, 0.15) is 0 Å². The van der Waals surface area contributed by atoms with Gasteiger partial charge >= 0.3 is 0 Å². The topological polar surface area (TPSA) is 47.6 Å². The number of nitrogens with one attached hydrogen (secondary N) is 1. The monoisotopic (exact) mass is 453 g/mol. The van der Waals surface area contributed by atoms with Crippen molar-refractivity contribution in [1.29, 1.82) is 0 Å². The molecular formula is C24H24BrNO3. The maximum Gasteiger partial charge on any atom is 0.225 e. The number of carbonyl (C=O) groups is 1. The van der Waals surface area contributed by atoms with Crippen molar-refractivity contribution in [2.24, 2.45) is 0 Å². The predicted molar refractivity (Wildman–Crippen MR) is 120 cm³/mol. The third-order valence-electron chi connectivity index (χ3n) is 5.09. The van der Waals surface area contributed by atoms with E-state index in [0.29, 0.717) is 18.8 Å². The summed E-state index contributed by atoms with van der Waals surface area (Å²) in [6.45, 7) is 6.50. The second-order valence-electron chi connectivity index (χ2n) is 7.48. The molecule has 1 aliphatic heterocycles. The number of amides is 1. The molecule has 0 radical (unpaired) electrons. The molecule has 150 valence electrons. The van der Waals surface area contributed by atoms with Gasteiger partial charge in [-0.1, -0.05) is 46.3 Å². The molecule has 0 fully saturated rings. The van der Waals surface area contributed by atoms with Crippen LogP contribution < -0.4 is 14.8 Å². The van der Waals surface area contributed by atoms with Crippen molar-refractivity contribution in [2.45, 2.75) is 39.2 Å². The Kier molecular flexibility index (Phi) is 5.50. The van der Waals surface area contributed by atoms with E-state index in [1.807, 2.05) is 57.2 Å². The number of rotatable bonds is 5. The minimum atomic E-state index is -0.0491. The van der Waals surface area contributed by atoms with Crippen LogP contribution in [0.5, 0.6) is 11.5 Å². The molecule has 1 heterocycles. The lowest BCUT2D eigenvalue weighted by Gasteiger charge is -2.28. The Balaban J connectivity index is 1.85. The van der Waals surface area contributed by atoms with Gasteiger partial charge in [0.15, 0.2) is 11.5 Å². The van der Waals surface area contributed by atoms with Gasteiger partial charge in [-0.25, -0.2) is 0 Å². The van der Waals surface area contributed by atoms with Crippen LogP contribution in [0.15, 0.2) is 53.0 Å². The molecule has 1 atom stereocenters. The van der Waals surface area contributed by atoms with Crippen molar-refractivity contribution in [3.63, 3.8) is 0 Å². The Morgan fingerprint density at radius 2 is 1.86 bits per heavy atom. The largest absolute Gasteiger partial charge is 0.490 e. The van der Waals surface area contributed by atoms with Crippen LogP contribution in [0.3, 0.4) is 0 Å². The van der Waals surface area contributed by atoms with Crippen molar-refractivity contribution in [1.82, 2.24) is 0 Å². The van der Waals surface area contributed by atoms with Crippen LogP contribution in [0.25, 0.3) is 10.8 Å². The molecule has 0 saturated heterocycles. The van der Waals surface area contributed by atoms with Crippen LogP contribution in [0.4, 0.5) is 5.69 Å². The number of hydrogen-bond acceptors (Lipinski definition) is 3. The Bertz CT molecular complexity index is 1080. The number of fused-ring (bicyclic) bond motifs is 3. The Morgan fingerprint density at radius 3 is 2.59 bits per heavy atom. The molecule has 0 bridgehead atoms. The van der Waals surface area contributed by atoms with Crippen LogP contribution >= 0.6 is 15.9 Å². The van der Waals surface area contributed by atoms with E-state index in [9.17, 15) is 4.79 Å². The first-order valence-corrected chi connectivity index (χ1v) is 10.7. The SMILES string of the molecule is CCOc1cc(C2CC(=O)Nc3c2cc(Br)c2ccccc32)ccc1OC(C)C. The van der Waals surface area contributed by atoms with Crippen molar-refractivity contribution in [3.05, 3.63) is 64.1 Å². The first-order chi connectivity index (χ1) is 14.0. The summed E-state index contributed by atoms with van der Waals surface area (Å²) in [6, 6.07) is 16.2. The molecule has 0 aliphatic carbocycles. The third kappa shape index (κ3) is 3.84. The Morgan fingerprint density at radius 1 is 1.10 bits per heavy atom. The number of benzene rings is 3. The molecule has 1 amide bonds. The fraction of sp³-hybridized carbons (Fsp3) is 0.292. The molecule has 3 aromatic rings. The normalized spacial score (nSPS) is 15.9. The van der Waals surface area contributed by atoms with Gasteiger partial charge in [-0.3, -0.25) is 4.79 Å². The summed E-state index contributed by atoms with van der Waals surface area (Å²) in [4.78, 5) is 12.6. The van der Waals surface area contributed by atoms with E-state index in [4.69, 9.17) is 9.47 Å². The first-order valence-electron chi connectivity index (χ1n) is 9.92. The van der Waals surface area contributed by atoms with Crippen molar-refractivity contribution >= 4 is 38.3 Å². The van der Waals surface area contributed by atoms with E-state index in [2.05, 4.69) is 33.4 Å². The molecule has 0 spiro atoms. The summed E-state index contributed by atoms with van der Waals surface area (Å²) < 4.78 is 12.8. The molecular weight excluding hydrogens is 430 g/mol. The third-order valence-corrected chi connectivity index (χ3v) is 5.74. The van der Waals surface area contributed by atoms with E-state index >= 15 is 0 Å². The number of halogens is 1. The molecule has 4 rings (SSSR count). The molecule has 1 aliphatic rings. The maximum absolute atomic E-state index is 12.6. The average molecular weight is 454 g/mol. The highest BCUT2D eigenvalue weighted by Gasteiger charge is 2.29. The van der Waals surface area contributed by atoms with Gasteiger partial charge in [0.2, 0.25) is 5.91 Å². The van der Waals surface area contributed by atoms with E-state index in [1.54, 1.807) is 0 Å². The van der Waals surface area contributed by atoms with Crippen molar-refractivity contribution < 1.29 is 14.3 Å². The second kappa shape index (κ2) is 8.07. The average Bonchev–Trinajstić information content (AvgIpc) is 2.69. The smallest absolute Gasteiger partial charge is 0.225 e. The summed E-state index contributed by atoms with van der Waals surface area (Å²) in [5.41, 5.74) is 3.04. The van der Waals surface area contributed by atoms with E-state index < -0.39 is 0 Å². The van der Waals surface area contributed by atoms with Crippen molar-refractivity contribution in [3.8, 4) is 11.5 Å². The summed E-state index contributed by atoms with van der Waals surface area (Å²) in [5.74, 6) is 1.42. The van der Waals surface area contributed by atoms with Crippen LogP contribution in [-0.4, -0.2) is 18.6 Å². The van der Waals surface area contributed by atoms with Crippen LogP contribution in [0.1, 0.15) is 44.2 Å².